The highest BCUT2D eigenvalue weighted by atomic mass is 28.4. The van der Waals surface area contributed by atoms with Gasteiger partial charge in [-0.15, -0.1) is 0 Å². The topological polar surface area (TPSA) is 148 Å². The number of nitrogens with zero attached hydrogens (tertiary/aromatic N) is 3. The van der Waals surface area contributed by atoms with E-state index < -0.39 is 59.9 Å². The normalized spacial score (nSPS) is 29.5. The number of carbonyl (C=O) groups excluding carboxylic acids is 3. The largest absolute Gasteiger partial charge is 0.411 e. The number of hydroxylamine groups is 4. The van der Waals surface area contributed by atoms with Crippen LogP contribution in [-0.2, 0) is 50.6 Å². The molecule has 2 amide bonds. The number of benzene rings is 2. The van der Waals surface area contributed by atoms with Crippen LogP contribution in [0.5, 0.6) is 0 Å². The lowest BCUT2D eigenvalue weighted by molar-refractivity contribution is -0.275. The van der Waals surface area contributed by atoms with E-state index in [2.05, 4.69) is 66.1 Å². The number of hydrogen-bond donors (Lipinski definition) is 1. The van der Waals surface area contributed by atoms with Crippen LogP contribution in [0.3, 0.4) is 0 Å². The Hall–Kier alpha value is -3.57. The number of nitriles is 1. The van der Waals surface area contributed by atoms with Crippen molar-refractivity contribution in [3.05, 3.63) is 96.1 Å². The number of aliphatic hydroxyl groups excluding tert-OH is 1. The van der Waals surface area contributed by atoms with Gasteiger partial charge in [0.25, 0.3) is 0 Å². The fraction of sp³-hybridized carbons (Fsp3) is 0.545. The second-order valence-corrected chi connectivity index (χ2v) is 33.2. The Kier molecular flexibility index (Phi) is 13.4. The molecule has 2 aromatic rings. The van der Waals surface area contributed by atoms with Crippen molar-refractivity contribution in [2.45, 2.75) is 146 Å². The summed E-state index contributed by atoms with van der Waals surface area (Å²) >= 11 is 0. The third kappa shape index (κ3) is 9.82. The molecule has 2 fully saturated rings. The van der Waals surface area contributed by atoms with E-state index in [-0.39, 0.29) is 41.6 Å². The summed E-state index contributed by atoms with van der Waals surface area (Å²) < 4.78 is 19.3. The predicted octanol–water partition coefficient (Wildman–Crippen LogP) is 7.61. The zero-order valence-electron chi connectivity index (χ0n) is 36.8. The van der Waals surface area contributed by atoms with Gasteiger partial charge in [0.1, 0.15) is 42.6 Å². The maximum absolute atomic E-state index is 12.6. The minimum absolute atomic E-state index is 0.0764. The summed E-state index contributed by atoms with van der Waals surface area (Å²) in [6.45, 7) is 25.4. The van der Waals surface area contributed by atoms with Gasteiger partial charge in [-0.25, -0.2) is 10.1 Å². The molecule has 2 spiro atoms. The highest BCUT2D eigenvalue weighted by Gasteiger charge is 2.65. The molecule has 0 bridgehead atoms. The van der Waals surface area contributed by atoms with E-state index in [4.69, 9.17) is 23.0 Å². The van der Waals surface area contributed by atoms with E-state index >= 15 is 0 Å². The Morgan fingerprint density at radius 3 is 1.68 bits per heavy atom. The maximum Gasteiger partial charge on any atom is 0.249 e. The zero-order valence-corrected chi connectivity index (χ0v) is 39.8. The van der Waals surface area contributed by atoms with E-state index in [1.54, 1.807) is 6.08 Å². The molecule has 1 N–H and O–H groups in total. The summed E-state index contributed by atoms with van der Waals surface area (Å²) in [5.74, 6) is -0.838. The van der Waals surface area contributed by atoms with Gasteiger partial charge < -0.3 is 18.4 Å². The summed E-state index contributed by atoms with van der Waals surface area (Å²) in [6.07, 6.45) is 4.58. The molecule has 2 aliphatic carbocycles. The number of ketones is 1. The number of rotatable bonds is 12. The van der Waals surface area contributed by atoms with E-state index in [0.717, 1.165) is 11.1 Å². The first-order valence-corrected chi connectivity index (χ1v) is 30.1. The minimum atomic E-state index is -2.30. The Labute approximate surface area is 353 Å². The molecule has 6 rings (SSSR count). The third-order valence-electron chi connectivity index (χ3n) is 11.7. The van der Waals surface area contributed by atoms with Crippen molar-refractivity contribution >= 4 is 42.5 Å². The first-order valence-electron chi connectivity index (χ1n) is 20.4. The van der Waals surface area contributed by atoms with Crippen molar-refractivity contribution in [1.29, 1.82) is 5.26 Å². The predicted molar refractivity (Wildman–Crippen MR) is 232 cm³/mol. The molecule has 0 radical (unpaired) electrons. The second kappa shape index (κ2) is 17.1. The van der Waals surface area contributed by atoms with E-state index in [1.807, 2.05) is 92.8 Å². The number of carbonyl (C=O) groups is 3. The Morgan fingerprint density at radius 1 is 0.746 bits per heavy atom. The molecule has 2 heterocycles. The van der Waals surface area contributed by atoms with Crippen LogP contribution in [-0.4, -0.2) is 92.8 Å². The molecule has 320 valence electrons. The Morgan fingerprint density at radius 2 is 1.24 bits per heavy atom. The van der Waals surface area contributed by atoms with Gasteiger partial charge in [-0.3, -0.25) is 24.1 Å². The van der Waals surface area contributed by atoms with Gasteiger partial charge in [0.05, 0.1) is 18.9 Å². The molecule has 0 saturated carbocycles. The SMILES string of the molecule is CC(C)(C)[Si](C)(C)O[C@@H]1C(=O)C=C[C@]2(CC(=O)N2OCc2ccccc2)[C@@H]1O.C[C@H]1[C@@H](O[Si](C)(C)C)[C@]2(C=C[C@@]1(C#N)O[Si](C)(C)C)CC(=O)N2OCc1ccccc1. The van der Waals surface area contributed by atoms with Crippen LogP contribution in [0.25, 0.3) is 0 Å². The summed E-state index contributed by atoms with van der Waals surface area (Å²) in [6, 6.07) is 21.7. The van der Waals surface area contributed by atoms with Gasteiger partial charge in [0, 0.05) is 5.92 Å². The van der Waals surface area contributed by atoms with Gasteiger partial charge in [0.2, 0.25) is 11.8 Å². The van der Waals surface area contributed by atoms with Crippen molar-refractivity contribution in [1.82, 2.24) is 10.1 Å². The minimum Gasteiger partial charge on any atom is -0.411 e. The van der Waals surface area contributed by atoms with Gasteiger partial charge in [-0.05, 0) is 86.8 Å². The third-order valence-corrected chi connectivity index (χ3v) is 18.1. The van der Waals surface area contributed by atoms with Crippen molar-refractivity contribution in [2.24, 2.45) is 5.92 Å². The molecule has 0 unspecified atom stereocenters. The van der Waals surface area contributed by atoms with Gasteiger partial charge >= 0.3 is 0 Å². The molecule has 2 aromatic carbocycles. The number of aliphatic hydroxyl groups is 1. The Balaban J connectivity index is 0.000000225. The molecule has 7 atom stereocenters. The van der Waals surface area contributed by atoms with Gasteiger partial charge in [0.15, 0.2) is 36.3 Å². The molecule has 2 aliphatic heterocycles. The quantitative estimate of drug-likeness (QED) is 0.129. The molecular formula is C44H63N3O9Si3. The summed E-state index contributed by atoms with van der Waals surface area (Å²) in [5.41, 5.74) is -0.969. The van der Waals surface area contributed by atoms with Crippen molar-refractivity contribution in [3.63, 3.8) is 0 Å². The van der Waals surface area contributed by atoms with Crippen LogP contribution in [0.2, 0.25) is 57.4 Å². The average Bonchev–Trinajstić information content (AvgIpc) is 3.13. The lowest BCUT2D eigenvalue weighted by Gasteiger charge is -2.59. The van der Waals surface area contributed by atoms with Crippen LogP contribution < -0.4 is 0 Å². The fourth-order valence-corrected chi connectivity index (χ4v) is 11.3. The second-order valence-electron chi connectivity index (χ2n) is 19.6. The van der Waals surface area contributed by atoms with Crippen molar-refractivity contribution < 1.29 is 42.4 Å². The number of hydrogen-bond acceptors (Lipinski definition) is 10. The fourth-order valence-electron chi connectivity index (χ4n) is 7.57. The summed E-state index contributed by atoms with van der Waals surface area (Å²) in [7, 11) is -6.33. The van der Waals surface area contributed by atoms with Crippen LogP contribution >= 0.6 is 0 Å². The van der Waals surface area contributed by atoms with Gasteiger partial charge in [-0.1, -0.05) is 94.4 Å². The van der Waals surface area contributed by atoms with Crippen LogP contribution in [0.4, 0.5) is 0 Å². The first-order chi connectivity index (χ1) is 27.3. The lowest BCUT2D eigenvalue weighted by Crippen LogP contribution is -2.74. The molecule has 15 heteroatoms. The molecule has 59 heavy (non-hydrogen) atoms. The van der Waals surface area contributed by atoms with Crippen molar-refractivity contribution in [3.8, 4) is 6.07 Å². The molecule has 12 nitrogen and oxygen atoms in total. The monoisotopic (exact) mass is 861 g/mol. The van der Waals surface area contributed by atoms with Crippen LogP contribution in [0.1, 0.15) is 51.7 Å². The zero-order chi connectivity index (χ0) is 43.8. The van der Waals surface area contributed by atoms with E-state index in [1.165, 1.54) is 16.2 Å². The van der Waals surface area contributed by atoms with Crippen LogP contribution in [0, 0.1) is 17.2 Å². The standard InChI is InChI=1S/C23H34N2O4Si2.C21H29NO5Si/c1-18-21(28-30(2,3)4)22(13-14-23(18,17-24)29-31(5,6)7)15-20(26)25(22)27-16-19-11-9-8-10-12-19;1-20(2,3)28(4,5)27-18-16(23)11-12-21(19(18)25)13-17(24)22(21)26-14-15-9-7-6-8-10-15/h8-14,18,21H,15-16H2,1-7H3;6-12,18-19,25H,13-14H2,1-5H3/t18-,21+,22-,23-;18-,19-,21+/m01/s1. The lowest BCUT2D eigenvalue weighted by atomic mass is 9.66. The number of amides is 2. The summed E-state index contributed by atoms with van der Waals surface area (Å²) in [4.78, 5) is 49.1. The highest BCUT2D eigenvalue weighted by Crippen LogP contribution is 2.50. The molecule has 4 aliphatic rings. The molecular weight excluding hydrogens is 799 g/mol. The highest BCUT2D eigenvalue weighted by molar-refractivity contribution is 6.74. The van der Waals surface area contributed by atoms with E-state index in [0.29, 0.717) is 13.0 Å². The number of β-lactam (4-membered cyclic amide) rings is 2. The van der Waals surface area contributed by atoms with Gasteiger partial charge in [-0.2, -0.15) is 5.26 Å². The molecule has 2 saturated heterocycles. The molecule has 0 aromatic heterocycles. The first kappa shape index (κ1) is 46.5. The van der Waals surface area contributed by atoms with Crippen molar-refractivity contribution in [2.75, 3.05) is 0 Å². The maximum atomic E-state index is 12.6. The van der Waals surface area contributed by atoms with Crippen LogP contribution in [0.15, 0.2) is 85.0 Å². The van der Waals surface area contributed by atoms with E-state index in [9.17, 15) is 24.8 Å². The smallest absolute Gasteiger partial charge is 0.249 e. The Bertz CT molecular complexity index is 1950. The average molecular weight is 862 g/mol. The summed E-state index contributed by atoms with van der Waals surface area (Å²) in [5, 5.41) is 23.8.